The van der Waals surface area contributed by atoms with Gasteiger partial charge in [0.1, 0.15) is 0 Å². The molecule has 0 atom stereocenters. The third-order valence-electron chi connectivity index (χ3n) is 0.189. The van der Waals surface area contributed by atoms with Crippen LogP contribution in [0.25, 0.3) is 0 Å². The average molecular weight is 141 g/mol. The topological polar surface area (TPSA) is 31.5 Å². The Morgan fingerprint density at radius 1 is 1.60 bits per heavy atom. The molecule has 0 aromatic carbocycles. The Hall–Kier alpha value is 0.440. The number of halogens is 1. The molecule has 0 aliphatic carbocycles. The highest BCUT2D eigenvalue weighted by atomic mass is 79.9. The highest BCUT2D eigenvalue weighted by Crippen LogP contribution is 1.80. The smallest absolute Gasteiger partial charge is 0.00286 e. The van der Waals surface area contributed by atoms with Crippen molar-refractivity contribution in [1.82, 2.24) is 0 Å². The van der Waals surface area contributed by atoms with E-state index in [4.69, 9.17) is 0 Å². The quantitative estimate of drug-likeness (QED) is 0.487. The second-order valence-corrected chi connectivity index (χ2v) is 1.48. The van der Waals surface area contributed by atoms with E-state index in [1.54, 1.807) is 0 Å². The van der Waals surface area contributed by atoms with Crippen LogP contribution in [0.2, 0.25) is 0 Å². The number of rotatable bonds is 1. The molecule has 0 saturated carbocycles. The molecule has 0 rings (SSSR count). The van der Waals surface area contributed by atoms with Crippen LogP contribution in [-0.4, -0.2) is 10.8 Å². The van der Waals surface area contributed by atoms with Crippen molar-refractivity contribution in [2.24, 2.45) is 0 Å². The van der Waals surface area contributed by atoms with Gasteiger partial charge in [0.15, 0.2) is 0 Å². The molecule has 0 radical (unpaired) electrons. The standard InChI is InChI=1S/C3H7Br.H2O/c1-2-3-4;/h2-3H2,1H3;1H2. The molecule has 1 nitrogen and oxygen atoms in total. The van der Waals surface area contributed by atoms with Gasteiger partial charge in [0, 0.05) is 5.33 Å². The van der Waals surface area contributed by atoms with Gasteiger partial charge in [-0.15, -0.1) is 0 Å². The first-order valence-corrected chi connectivity index (χ1v) is 2.60. The van der Waals surface area contributed by atoms with Crippen LogP contribution >= 0.6 is 15.9 Å². The molecule has 0 heterocycles. The van der Waals surface area contributed by atoms with E-state index in [0.29, 0.717) is 0 Å². The van der Waals surface area contributed by atoms with Gasteiger partial charge in [-0.05, 0) is 6.42 Å². The van der Waals surface area contributed by atoms with Crippen LogP contribution in [0.4, 0.5) is 0 Å². The largest absolute Gasteiger partial charge is 0.412 e. The Balaban J connectivity index is 0. The lowest BCUT2D eigenvalue weighted by Gasteiger charge is -1.66. The van der Waals surface area contributed by atoms with E-state index >= 15 is 0 Å². The van der Waals surface area contributed by atoms with Gasteiger partial charge in [0.05, 0.1) is 0 Å². The Bertz CT molecular complexity index is 8.85. The average Bonchev–Trinajstić information content (AvgIpc) is 1.37. The Labute approximate surface area is 40.8 Å². The fourth-order valence-corrected chi connectivity index (χ4v) is 0. The van der Waals surface area contributed by atoms with Crippen molar-refractivity contribution in [3.05, 3.63) is 0 Å². The van der Waals surface area contributed by atoms with Crippen LogP contribution in [0.5, 0.6) is 0 Å². The molecule has 2 heteroatoms. The Morgan fingerprint density at radius 3 is 1.80 bits per heavy atom. The van der Waals surface area contributed by atoms with Gasteiger partial charge in [0.2, 0.25) is 0 Å². The zero-order chi connectivity index (χ0) is 3.41. The Morgan fingerprint density at radius 2 is 1.80 bits per heavy atom. The molecule has 0 amide bonds. The van der Waals surface area contributed by atoms with Gasteiger partial charge in [-0.25, -0.2) is 0 Å². The van der Waals surface area contributed by atoms with Gasteiger partial charge in [-0.3, -0.25) is 0 Å². The molecular weight excluding hydrogens is 132 g/mol. The highest BCUT2D eigenvalue weighted by molar-refractivity contribution is 9.09. The van der Waals surface area contributed by atoms with E-state index < -0.39 is 0 Å². The fourth-order valence-electron chi connectivity index (χ4n) is 0. The van der Waals surface area contributed by atoms with Gasteiger partial charge in [-0.1, -0.05) is 22.9 Å². The first-order chi connectivity index (χ1) is 1.91. The maximum Gasteiger partial charge on any atom is 0.00286 e. The second kappa shape index (κ2) is 8.83. The molecule has 0 bridgehead atoms. The van der Waals surface area contributed by atoms with E-state index in [2.05, 4.69) is 22.9 Å². The van der Waals surface area contributed by atoms with E-state index in [-0.39, 0.29) is 5.48 Å². The van der Waals surface area contributed by atoms with E-state index in [1.807, 2.05) is 0 Å². The van der Waals surface area contributed by atoms with E-state index in [0.717, 1.165) is 5.33 Å². The third kappa shape index (κ3) is 12.7. The summed E-state index contributed by atoms with van der Waals surface area (Å²) in [5.74, 6) is 0. The monoisotopic (exact) mass is 140 g/mol. The maximum atomic E-state index is 3.25. The summed E-state index contributed by atoms with van der Waals surface area (Å²) in [7, 11) is 0. The predicted octanol–water partition coefficient (Wildman–Crippen LogP) is 0.967. The van der Waals surface area contributed by atoms with Gasteiger partial charge in [-0.2, -0.15) is 0 Å². The maximum absolute atomic E-state index is 3.25. The first-order valence-electron chi connectivity index (χ1n) is 1.47. The number of alkyl halides is 1. The van der Waals surface area contributed by atoms with Gasteiger partial charge < -0.3 is 5.48 Å². The molecule has 0 spiro atoms. The van der Waals surface area contributed by atoms with Crippen molar-refractivity contribution < 1.29 is 5.48 Å². The lowest BCUT2D eigenvalue weighted by Crippen LogP contribution is -1.54. The molecule has 2 N–H and O–H groups in total. The third-order valence-corrected chi connectivity index (χ3v) is 0.982. The van der Waals surface area contributed by atoms with Crippen molar-refractivity contribution in [3.63, 3.8) is 0 Å². The molecule has 0 fully saturated rings. The van der Waals surface area contributed by atoms with Crippen molar-refractivity contribution >= 4 is 15.9 Å². The van der Waals surface area contributed by atoms with E-state index in [9.17, 15) is 0 Å². The summed E-state index contributed by atoms with van der Waals surface area (Å²) in [5, 5.41) is 1.13. The number of hydrogen-bond donors (Lipinski definition) is 0. The van der Waals surface area contributed by atoms with E-state index in [1.165, 1.54) is 6.42 Å². The van der Waals surface area contributed by atoms with Crippen molar-refractivity contribution in [3.8, 4) is 0 Å². The molecule has 0 aliphatic heterocycles. The summed E-state index contributed by atoms with van der Waals surface area (Å²) in [6, 6.07) is 0. The highest BCUT2D eigenvalue weighted by Gasteiger charge is 1.58. The van der Waals surface area contributed by atoms with Crippen LogP contribution in [0.1, 0.15) is 13.3 Å². The predicted molar refractivity (Wildman–Crippen MR) is 27.7 cm³/mol. The zero-order valence-electron chi connectivity index (χ0n) is 3.29. The van der Waals surface area contributed by atoms with Crippen LogP contribution in [0.3, 0.4) is 0 Å². The zero-order valence-corrected chi connectivity index (χ0v) is 4.88. The molecule has 34 valence electrons. The summed E-state index contributed by atoms with van der Waals surface area (Å²) >= 11 is 3.25. The summed E-state index contributed by atoms with van der Waals surface area (Å²) in [6.45, 7) is 2.13. The molecule has 0 unspecified atom stereocenters. The minimum atomic E-state index is 0. The van der Waals surface area contributed by atoms with Crippen molar-refractivity contribution in [2.45, 2.75) is 13.3 Å². The van der Waals surface area contributed by atoms with Crippen LogP contribution in [-0.2, 0) is 0 Å². The fraction of sp³-hybridized carbons (Fsp3) is 1.00. The lowest BCUT2D eigenvalue weighted by atomic mass is 10.6. The molecule has 5 heavy (non-hydrogen) atoms. The minimum absolute atomic E-state index is 0. The molecule has 0 aromatic heterocycles. The van der Waals surface area contributed by atoms with Crippen LogP contribution < -0.4 is 0 Å². The van der Waals surface area contributed by atoms with Gasteiger partial charge >= 0.3 is 0 Å². The number of hydrogen-bond acceptors (Lipinski definition) is 0. The van der Waals surface area contributed by atoms with Crippen LogP contribution in [0.15, 0.2) is 0 Å². The summed E-state index contributed by atoms with van der Waals surface area (Å²) in [4.78, 5) is 0. The normalized spacial score (nSPS) is 6.00. The first kappa shape index (κ1) is 9.06. The molecular formula is C3H9BrO. The van der Waals surface area contributed by atoms with Crippen molar-refractivity contribution in [2.75, 3.05) is 5.33 Å². The Kier molecular flexibility index (Phi) is 16.0. The van der Waals surface area contributed by atoms with Gasteiger partial charge in [0.25, 0.3) is 0 Å². The van der Waals surface area contributed by atoms with Crippen molar-refractivity contribution in [1.29, 1.82) is 0 Å². The second-order valence-electron chi connectivity index (χ2n) is 0.689. The molecule has 0 saturated heterocycles. The minimum Gasteiger partial charge on any atom is -0.412 e. The summed E-state index contributed by atoms with van der Waals surface area (Å²) in [6.07, 6.45) is 1.24. The summed E-state index contributed by atoms with van der Waals surface area (Å²) < 4.78 is 0. The molecule has 0 aliphatic rings. The lowest BCUT2D eigenvalue weighted by molar-refractivity contribution is 0.824. The van der Waals surface area contributed by atoms with Crippen LogP contribution in [0, 0.1) is 0 Å². The SMILES string of the molecule is CCCBr.O. The molecule has 0 aromatic rings. The summed E-state index contributed by atoms with van der Waals surface area (Å²) in [5.41, 5.74) is 0.